The van der Waals surface area contributed by atoms with Crippen molar-refractivity contribution in [2.24, 2.45) is 0 Å². The van der Waals surface area contributed by atoms with Crippen molar-refractivity contribution in [3.63, 3.8) is 0 Å². The fourth-order valence-corrected chi connectivity index (χ4v) is 3.61. The van der Waals surface area contributed by atoms with Crippen molar-refractivity contribution in [1.29, 1.82) is 0 Å². The molecule has 0 fully saturated rings. The number of esters is 1. The number of methoxy groups -OCH3 is 3. The number of hydrogen-bond acceptors (Lipinski definition) is 7. The zero-order valence-electron chi connectivity index (χ0n) is 20.8. The summed E-state index contributed by atoms with van der Waals surface area (Å²) in [6, 6.07) is 10.2. The van der Waals surface area contributed by atoms with Crippen LogP contribution in [0, 0.1) is 0 Å². The smallest absolute Gasteiger partial charge is 0.338 e. The van der Waals surface area contributed by atoms with Gasteiger partial charge in [0.15, 0.2) is 0 Å². The molecular formula is C25H30N4O7. The Morgan fingerprint density at radius 3 is 2.28 bits per heavy atom. The van der Waals surface area contributed by atoms with Crippen LogP contribution < -0.4 is 25.4 Å². The molecule has 1 heterocycles. The Morgan fingerprint density at radius 1 is 0.972 bits per heavy atom. The highest BCUT2D eigenvalue weighted by atomic mass is 16.6. The molecule has 2 aromatic carbocycles. The SMILES string of the molecule is COCCOC(=O)C1=C(C)N(C)C(=O)NC1c1cccc(NC(=O)Nc2cc(OC)cc(OC)c2)c1. The highest BCUT2D eigenvalue weighted by molar-refractivity contribution is 6.00. The Labute approximate surface area is 209 Å². The number of hydrogen-bond donors (Lipinski definition) is 3. The van der Waals surface area contributed by atoms with Crippen LogP contribution >= 0.6 is 0 Å². The maximum absolute atomic E-state index is 12.9. The first kappa shape index (κ1) is 26.4. The molecule has 0 aromatic heterocycles. The van der Waals surface area contributed by atoms with Gasteiger partial charge in [0.1, 0.15) is 18.1 Å². The van der Waals surface area contributed by atoms with Gasteiger partial charge in [-0.15, -0.1) is 0 Å². The van der Waals surface area contributed by atoms with Gasteiger partial charge in [-0.05, 0) is 24.6 Å². The summed E-state index contributed by atoms with van der Waals surface area (Å²) in [5, 5.41) is 8.31. The molecule has 1 aliphatic heterocycles. The number of allylic oxidation sites excluding steroid dienone is 1. The molecule has 192 valence electrons. The second-order valence-corrected chi connectivity index (χ2v) is 7.88. The van der Waals surface area contributed by atoms with Crippen LogP contribution in [0.4, 0.5) is 21.0 Å². The van der Waals surface area contributed by atoms with Crippen molar-refractivity contribution in [3.8, 4) is 11.5 Å². The Bertz CT molecular complexity index is 1140. The predicted molar refractivity (Wildman–Crippen MR) is 133 cm³/mol. The number of amides is 4. The molecule has 36 heavy (non-hydrogen) atoms. The van der Waals surface area contributed by atoms with Gasteiger partial charge >= 0.3 is 18.0 Å². The van der Waals surface area contributed by atoms with Gasteiger partial charge in [0.25, 0.3) is 0 Å². The van der Waals surface area contributed by atoms with Crippen LogP contribution in [0.25, 0.3) is 0 Å². The Kier molecular flexibility index (Phi) is 8.74. The number of anilines is 2. The van der Waals surface area contributed by atoms with Gasteiger partial charge in [-0.3, -0.25) is 0 Å². The molecule has 0 radical (unpaired) electrons. The highest BCUT2D eigenvalue weighted by Crippen LogP contribution is 2.32. The van der Waals surface area contributed by atoms with Gasteiger partial charge in [0, 0.05) is 49.4 Å². The van der Waals surface area contributed by atoms with E-state index in [9.17, 15) is 14.4 Å². The molecule has 2 aromatic rings. The zero-order chi connectivity index (χ0) is 26.2. The molecule has 0 spiro atoms. The van der Waals surface area contributed by atoms with Crippen LogP contribution in [0.15, 0.2) is 53.7 Å². The van der Waals surface area contributed by atoms with Crippen molar-refractivity contribution in [2.45, 2.75) is 13.0 Å². The van der Waals surface area contributed by atoms with E-state index >= 15 is 0 Å². The Hall–Kier alpha value is -4.25. The van der Waals surface area contributed by atoms with Gasteiger partial charge in [-0.2, -0.15) is 0 Å². The summed E-state index contributed by atoms with van der Waals surface area (Å²) in [5.74, 6) is 0.484. The molecule has 11 heteroatoms. The lowest BCUT2D eigenvalue weighted by Gasteiger charge is -2.33. The average molecular weight is 499 g/mol. The standard InChI is InChI=1S/C25H30N4O7/c1-15-21(23(30)36-10-9-33-3)22(28-25(32)29(15)2)16-7-6-8-17(11-16)26-24(31)27-18-12-19(34-4)14-20(13-18)35-5/h6-8,11-14,22H,9-10H2,1-5H3,(H,28,32)(H2,26,27,31). The fraction of sp³-hybridized carbons (Fsp3) is 0.320. The van der Waals surface area contributed by atoms with Gasteiger partial charge in [0.05, 0.1) is 32.4 Å². The van der Waals surface area contributed by atoms with E-state index < -0.39 is 18.0 Å². The Balaban J connectivity index is 1.81. The predicted octanol–water partition coefficient (Wildman–Crippen LogP) is 3.51. The van der Waals surface area contributed by atoms with Crippen LogP contribution in [-0.4, -0.2) is 64.5 Å². The topological polar surface area (TPSA) is 127 Å². The number of nitrogens with one attached hydrogen (secondary N) is 3. The summed E-state index contributed by atoms with van der Waals surface area (Å²) < 4.78 is 20.7. The van der Waals surface area contributed by atoms with Crippen LogP contribution in [0.5, 0.6) is 11.5 Å². The van der Waals surface area contributed by atoms with Crippen LogP contribution in [-0.2, 0) is 14.3 Å². The second kappa shape index (κ2) is 11.9. The van der Waals surface area contributed by atoms with Crippen LogP contribution in [0.1, 0.15) is 18.5 Å². The maximum Gasteiger partial charge on any atom is 0.338 e. The summed E-state index contributed by atoms with van der Waals surface area (Å²) >= 11 is 0. The molecule has 1 unspecified atom stereocenters. The largest absolute Gasteiger partial charge is 0.497 e. The molecule has 0 aliphatic carbocycles. The quantitative estimate of drug-likeness (QED) is 0.357. The van der Waals surface area contributed by atoms with E-state index in [4.69, 9.17) is 18.9 Å². The minimum atomic E-state index is -0.767. The first-order valence-electron chi connectivity index (χ1n) is 11.1. The summed E-state index contributed by atoms with van der Waals surface area (Å²) in [4.78, 5) is 39.4. The number of ether oxygens (including phenoxy) is 4. The molecule has 1 aliphatic rings. The van der Waals surface area contributed by atoms with Gasteiger partial charge < -0.3 is 39.8 Å². The molecular weight excluding hydrogens is 468 g/mol. The second-order valence-electron chi connectivity index (χ2n) is 7.88. The van der Waals surface area contributed by atoms with Crippen molar-refractivity contribution >= 4 is 29.4 Å². The van der Waals surface area contributed by atoms with E-state index in [1.54, 1.807) is 56.4 Å². The fourth-order valence-electron chi connectivity index (χ4n) is 3.61. The van der Waals surface area contributed by atoms with E-state index in [2.05, 4.69) is 16.0 Å². The minimum absolute atomic E-state index is 0.0767. The van der Waals surface area contributed by atoms with Crippen molar-refractivity contribution in [3.05, 3.63) is 59.3 Å². The van der Waals surface area contributed by atoms with E-state index in [1.165, 1.54) is 26.2 Å². The first-order chi connectivity index (χ1) is 17.3. The van der Waals surface area contributed by atoms with Crippen LogP contribution in [0.3, 0.4) is 0 Å². The average Bonchev–Trinajstić information content (AvgIpc) is 2.86. The van der Waals surface area contributed by atoms with Crippen molar-refractivity contribution < 1.29 is 33.3 Å². The van der Waals surface area contributed by atoms with Gasteiger partial charge in [-0.25, -0.2) is 14.4 Å². The van der Waals surface area contributed by atoms with E-state index in [1.807, 2.05) is 0 Å². The molecule has 4 amide bonds. The molecule has 3 rings (SSSR count). The molecule has 0 saturated carbocycles. The highest BCUT2D eigenvalue weighted by Gasteiger charge is 2.35. The summed E-state index contributed by atoms with van der Waals surface area (Å²) in [6.45, 7) is 2.00. The van der Waals surface area contributed by atoms with Gasteiger partial charge in [-0.1, -0.05) is 12.1 Å². The third kappa shape index (κ3) is 6.25. The number of nitrogens with zero attached hydrogens (tertiary/aromatic N) is 1. The van der Waals surface area contributed by atoms with Crippen molar-refractivity contribution in [1.82, 2.24) is 10.2 Å². The molecule has 3 N–H and O–H groups in total. The molecule has 11 nitrogen and oxygen atoms in total. The summed E-state index contributed by atoms with van der Waals surface area (Å²) in [5.41, 5.74) is 2.28. The summed E-state index contributed by atoms with van der Waals surface area (Å²) in [6.07, 6.45) is 0. The van der Waals surface area contributed by atoms with Gasteiger partial charge in [0.2, 0.25) is 0 Å². The third-order valence-electron chi connectivity index (χ3n) is 5.58. The van der Waals surface area contributed by atoms with E-state index in [-0.39, 0.29) is 19.2 Å². The number of carbonyl (C=O) groups excluding carboxylic acids is 3. The van der Waals surface area contributed by atoms with Crippen LogP contribution in [0.2, 0.25) is 0 Å². The lowest BCUT2D eigenvalue weighted by Crippen LogP contribution is -2.46. The minimum Gasteiger partial charge on any atom is -0.497 e. The number of urea groups is 2. The zero-order valence-corrected chi connectivity index (χ0v) is 20.8. The number of rotatable bonds is 9. The maximum atomic E-state index is 12.9. The number of carbonyl (C=O) groups is 3. The van der Waals surface area contributed by atoms with E-state index in [0.717, 1.165) is 0 Å². The molecule has 0 saturated heterocycles. The van der Waals surface area contributed by atoms with E-state index in [0.29, 0.717) is 39.7 Å². The summed E-state index contributed by atoms with van der Waals surface area (Å²) in [7, 11) is 6.11. The molecule has 1 atom stereocenters. The Morgan fingerprint density at radius 2 is 1.64 bits per heavy atom. The monoisotopic (exact) mass is 498 g/mol. The normalized spacial score (nSPS) is 15.2. The lowest BCUT2D eigenvalue weighted by molar-refractivity contribution is -0.140. The number of benzene rings is 2. The first-order valence-corrected chi connectivity index (χ1v) is 11.1. The lowest BCUT2D eigenvalue weighted by atomic mass is 9.94. The molecule has 0 bridgehead atoms. The third-order valence-corrected chi connectivity index (χ3v) is 5.58. The van der Waals surface area contributed by atoms with Crippen molar-refractivity contribution in [2.75, 3.05) is 52.2 Å².